The topological polar surface area (TPSA) is 89.3 Å². The van der Waals surface area contributed by atoms with Crippen LogP contribution in [0.5, 0.6) is 5.75 Å². The normalized spacial score (nSPS) is 12.7. The van der Waals surface area contributed by atoms with Gasteiger partial charge in [-0.25, -0.2) is 13.4 Å². The van der Waals surface area contributed by atoms with Crippen molar-refractivity contribution in [1.29, 1.82) is 0 Å². The molecule has 0 aliphatic carbocycles. The van der Waals surface area contributed by atoms with Gasteiger partial charge in [0.2, 0.25) is 0 Å². The molecular weight excluding hydrogens is 364 g/mol. The molecule has 0 amide bonds. The van der Waals surface area contributed by atoms with Gasteiger partial charge >= 0.3 is 0 Å². The Balaban J connectivity index is 1.98. The third-order valence-electron chi connectivity index (χ3n) is 4.63. The van der Waals surface area contributed by atoms with Crippen molar-refractivity contribution in [2.75, 3.05) is 7.11 Å². The highest BCUT2D eigenvalue weighted by Gasteiger charge is 2.34. The molecule has 0 radical (unpaired) electrons. The van der Waals surface area contributed by atoms with E-state index in [1.807, 2.05) is 18.2 Å². The number of aromatic nitrogens is 4. The summed E-state index contributed by atoms with van der Waals surface area (Å²) in [5.41, 5.74) is 3.26. The summed E-state index contributed by atoms with van der Waals surface area (Å²) >= 11 is 0. The fraction of sp³-hybridized carbons (Fsp3) is 0.263. The van der Waals surface area contributed by atoms with Crippen molar-refractivity contribution in [1.82, 2.24) is 19.6 Å². The maximum absolute atomic E-state index is 13.1. The van der Waals surface area contributed by atoms with Crippen LogP contribution in [0, 0.1) is 0 Å². The Labute approximate surface area is 156 Å². The van der Waals surface area contributed by atoms with Crippen molar-refractivity contribution >= 4 is 26.4 Å². The van der Waals surface area contributed by atoms with Crippen LogP contribution in [0.25, 0.3) is 27.8 Å². The monoisotopic (exact) mass is 384 g/mol. The minimum Gasteiger partial charge on any atom is -0.495 e. The number of methoxy groups -OCH3 is 1. The second-order valence-electron chi connectivity index (χ2n) is 7.37. The molecule has 0 spiro atoms. The van der Waals surface area contributed by atoms with E-state index in [0.717, 1.165) is 22.2 Å². The van der Waals surface area contributed by atoms with Gasteiger partial charge in [-0.2, -0.15) is 5.10 Å². The van der Waals surface area contributed by atoms with Crippen LogP contribution < -0.4 is 4.74 Å². The number of hydrogen-bond acceptors (Lipinski definition) is 5. The molecule has 0 unspecified atom stereocenters. The van der Waals surface area contributed by atoms with E-state index in [4.69, 9.17) is 4.74 Å². The molecule has 4 rings (SSSR count). The fourth-order valence-electron chi connectivity index (χ4n) is 2.99. The van der Waals surface area contributed by atoms with E-state index >= 15 is 0 Å². The number of nitrogens with zero attached hydrogens (tertiary/aromatic N) is 3. The van der Waals surface area contributed by atoms with Crippen molar-refractivity contribution in [2.45, 2.75) is 30.4 Å². The minimum absolute atomic E-state index is 0.147. The van der Waals surface area contributed by atoms with Crippen LogP contribution in [0.1, 0.15) is 20.8 Å². The number of rotatable bonds is 3. The first-order valence-electron chi connectivity index (χ1n) is 8.45. The third-order valence-corrected chi connectivity index (χ3v) is 7.12. The van der Waals surface area contributed by atoms with Gasteiger partial charge in [0, 0.05) is 23.2 Å². The molecule has 140 valence electrons. The van der Waals surface area contributed by atoms with Gasteiger partial charge in [-0.3, -0.25) is 9.50 Å². The highest BCUT2D eigenvalue weighted by Crippen LogP contribution is 2.34. The fourth-order valence-corrected chi connectivity index (χ4v) is 4.30. The number of hydrogen-bond donors (Lipinski definition) is 1. The van der Waals surface area contributed by atoms with Gasteiger partial charge in [-0.1, -0.05) is 6.07 Å². The Morgan fingerprint density at radius 3 is 2.63 bits per heavy atom. The third kappa shape index (κ3) is 2.68. The Morgan fingerprint density at radius 2 is 1.93 bits per heavy atom. The van der Waals surface area contributed by atoms with Crippen LogP contribution in [-0.4, -0.2) is 39.9 Å². The second-order valence-corrected chi connectivity index (χ2v) is 10.0. The number of imidazole rings is 1. The molecule has 8 heteroatoms. The lowest BCUT2D eigenvalue weighted by atomic mass is 10.1. The first kappa shape index (κ1) is 17.5. The predicted molar refractivity (Wildman–Crippen MR) is 104 cm³/mol. The SMILES string of the molecule is COc1cc2ncc(-c3ccc4[nH]ncc4c3)n2cc1S(=O)(=O)C(C)(C)C. The average Bonchev–Trinajstić information content (AvgIpc) is 3.24. The molecule has 3 heterocycles. The maximum Gasteiger partial charge on any atom is 0.188 e. The summed E-state index contributed by atoms with van der Waals surface area (Å²) < 4.78 is 32.3. The maximum atomic E-state index is 13.1. The number of sulfone groups is 1. The van der Waals surface area contributed by atoms with Crippen LogP contribution in [0.3, 0.4) is 0 Å². The summed E-state index contributed by atoms with van der Waals surface area (Å²) in [5.74, 6) is 0.292. The molecule has 0 aliphatic heterocycles. The number of pyridine rings is 1. The molecule has 0 bridgehead atoms. The zero-order valence-corrected chi connectivity index (χ0v) is 16.3. The second kappa shape index (κ2) is 5.82. The quantitative estimate of drug-likeness (QED) is 0.584. The van der Waals surface area contributed by atoms with Crippen molar-refractivity contribution < 1.29 is 13.2 Å². The van der Waals surface area contributed by atoms with Gasteiger partial charge in [0.1, 0.15) is 16.3 Å². The number of benzene rings is 1. The number of nitrogens with one attached hydrogen (secondary N) is 1. The van der Waals surface area contributed by atoms with Crippen LogP contribution in [-0.2, 0) is 9.84 Å². The van der Waals surface area contributed by atoms with Gasteiger partial charge in [0.05, 0.1) is 35.5 Å². The van der Waals surface area contributed by atoms with E-state index in [9.17, 15) is 8.42 Å². The Hall–Kier alpha value is -2.87. The molecule has 7 nitrogen and oxygen atoms in total. The first-order chi connectivity index (χ1) is 12.7. The van der Waals surface area contributed by atoms with Crippen molar-refractivity contribution in [3.63, 3.8) is 0 Å². The van der Waals surface area contributed by atoms with Crippen LogP contribution in [0.2, 0.25) is 0 Å². The number of ether oxygens (including phenoxy) is 1. The van der Waals surface area contributed by atoms with Gasteiger partial charge in [0.25, 0.3) is 0 Å². The smallest absolute Gasteiger partial charge is 0.188 e. The van der Waals surface area contributed by atoms with E-state index in [0.29, 0.717) is 11.4 Å². The summed E-state index contributed by atoms with van der Waals surface area (Å²) in [7, 11) is -2.14. The van der Waals surface area contributed by atoms with E-state index in [1.54, 1.807) is 49.8 Å². The van der Waals surface area contributed by atoms with Crippen LogP contribution in [0.4, 0.5) is 0 Å². The Morgan fingerprint density at radius 1 is 1.15 bits per heavy atom. The van der Waals surface area contributed by atoms with Crippen LogP contribution >= 0.6 is 0 Å². The number of H-pyrrole nitrogens is 1. The molecule has 0 saturated carbocycles. The molecule has 4 aromatic rings. The summed E-state index contributed by atoms with van der Waals surface area (Å²) in [6, 6.07) is 7.53. The molecule has 0 aliphatic rings. The van der Waals surface area contributed by atoms with Gasteiger partial charge in [-0.05, 0) is 32.9 Å². The largest absolute Gasteiger partial charge is 0.495 e. The Bertz CT molecular complexity index is 1260. The zero-order chi connectivity index (χ0) is 19.4. The Kier molecular flexibility index (Phi) is 3.78. The summed E-state index contributed by atoms with van der Waals surface area (Å²) in [4.78, 5) is 4.57. The highest BCUT2D eigenvalue weighted by atomic mass is 32.2. The van der Waals surface area contributed by atoms with Gasteiger partial charge in [0.15, 0.2) is 9.84 Å². The minimum atomic E-state index is -3.60. The molecule has 0 fully saturated rings. The average molecular weight is 384 g/mol. The molecule has 1 N–H and O–H groups in total. The van der Waals surface area contributed by atoms with Gasteiger partial charge < -0.3 is 4.74 Å². The standard InChI is InChI=1S/C19H20N4O3S/c1-19(2,3)27(24,25)17-11-23-15(10-20-18(23)8-16(17)26-4)12-5-6-14-13(7-12)9-21-22-14/h5-11H,1-4H3,(H,21,22). The molecule has 3 aromatic heterocycles. The number of fused-ring (bicyclic) bond motifs is 2. The van der Waals surface area contributed by atoms with Crippen molar-refractivity contribution in [3.8, 4) is 17.0 Å². The summed E-state index contributed by atoms with van der Waals surface area (Å²) in [5, 5.41) is 7.93. The molecule has 0 atom stereocenters. The van der Waals surface area contributed by atoms with Crippen LogP contribution in [0.15, 0.2) is 47.8 Å². The summed E-state index contributed by atoms with van der Waals surface area (Å²) in [6.07, 6.45) is 5.07. The van der Waals surface area contributed by atoms with E-state index in [2.05, 4.69) is 15.2 Å². The first-order valence-corrected chi connectivity index (χ1v) is 9.94. The molecule has 0 saturated heterocycles. The molecular formula is C19H20N4O3S. The van der Waals surface area contributed by atoms with E-state index in [1.165, 1.54) is 7.11 Å². The van der Waals surface area contributed by atoms with Crippen molar-refractivity contribution in [3.05, 3.63) is 42.9 Å². The summed E-state index contributed by atoms with van der Waals surface area (Å²) in [6.45, 7) is 5.02. The highest BCUT2D eigenvalue weighted by molar-refractivity contribution is 7.92. The molecule has 27 heavy (non-hydrogen) atoms. The zero-order valence-electron chi connectivity index (χ0n) is 15.5. The lowest BCUT2D eigenvalue weighted by Gasteiger charge is -2.21. The van der Waals surface area contributed by atoms with E-state index in [-0.39, 0.29) is 4.90 Å². The predicted octanol–water partition coefficient (Wildman–Crippen LogP) is 3.46. The lowest BCUT2D eigenvalue weighted by molar-refractivity contribution is 0.401. The van der Waals surface area contributed by atoms with E-state index < -0.39 is 14.6 Å². The molecule has 1 aromatic carbocycles. The van der Waals surface area contributed by atoms with Crippen molar-refractivity contribution in [2.24, 2.45) is 0 Å². The lowest BCUT2D eigenvalue weighted by Crippen LogP contribution is -2.28. The van der Waals surface area contributed by atoms with Gasteiger partial charge in [-0.15, -0.1) is 0 Å². The number of aromatic amines is 1.